The maximum Gasteiger partial charge on any atom is 0.315 e. The molecule has 1 aliphatic rings. The van der Waals surface area contributed by atoms with Crippen LogP contribution in [-0.2, 0) is 5.54 Å². The second kappa shape index (κ2) is 5.47. The average molecular weight is 292 g/mol. The number of nitrogens with one attached hydrogen (secondary N) is 2. The molecule has 0 bridgehead atoms. The van der Waals surface area contributed by atoms with E-state index in [1.54, 1.807) is 14.2 Å². The molecule has 5 nitrogen and oxygen atoms in total. The Labute approximate surface area is 126 Å². The van der Waals surface area contributed by atoms with Gasteiger partial charge < -0.3 is 20.1 Å². The number of ether oxygens (including phenoxy) is 2. The van der Waals surface area contributed by atoms with Gasteiger partial charge in [0.05, 0.1) is 19.8 Å². The molecule has 2 rings (SSSR count). The fourth-order valence-electron chi connectivity index (χ4n) is 2.33. The molecule has 0 heterocycles. The molecule has 0 aliphatic heterocycles. The van der Waals surface area contributed by atoms with Gasteiger partial charge in [-0.1, -0.05) is 6.07 Å². The van der Waals surface area contributed by atoms with Crippen LogP contribution < -0.4 is 20.1 Å². The van der Waals surface area contributed by atoms with Crippen LogP contribution in [0.4, 0.5) is 4.79 Å². The number of carbonyl (C=O) groups is 1. The lowest BCUT2D eigenvalue weighted by molar-refractivity contribution is 0.227. The van der Waals surface area contributed by atoms with Crippen molar-refractivity contribution in [3.63, 3.8) is 0 Å². The van der Waals surface area contributed by atoms with Crippen LogP contribution in [0, 0.1) is 0 Å². The Bertz CT molecular complexity index is 531. The minimum absolute atomic E-state index is 0.144. The fourth-order valence-corrected chi connectivity index (χ4v) is 2.33. The van der Waals surface area contributed by atoms with E-state index in [0.29, 0.717) is 11.5 Å². The molecule has 0 unspecified atom stereocenters. The van der Waals surface area contributed by atoms with Gasteiger partial charge in [-0.15, -0.1) is 0 Å². The van der Waals surface area contributed by atoms with E-state index in [1.165, 1.54) is 0 Å². The second-order valence-electron chi connectivity index (χ2n) is 6.48. The fraction of sp³-hybridized carbons (Fsp3) is 0.562. The number of urea groups is 1. The van der Waals surface area contributed by atoms with Crippen molar-refractivity contribution in [3.8, 4) is 11.5 Å². The first-order chi connectivity index (χ1) is 9.79. The highest BCUT2D eigenvalue weighted by atomic mass is 16.5. The largest absolute Gasteiger partial charge is 0.493 e. The number of carbonyl (C=O) groups excluding carboxylic acids is 1. The van der Waals surface area contributed by atoms with Gasteiger partial charge in [-0.05, 0) is 51.3 Å². The maximum atomic E-state index is 12.1. The summed E-state index contributed by atoms with van der Waals surface area (Å²) in [7, 11) is 3.22. The maximum absolute atomic E-state index is 12.1. The van der Waals surface area contributed by atoms with E-state index in [9.17, 15) is 4.79 Å². The van der Waals surface area contributed by atoms with Crippen LogP contribution in [0.3, 0.4) is 0 Å². The lowest BCUT2D eigenvalue weighted by Gasteiger charge is -2.25. The molecule has 2 N–H and O–H groups in total. The summed E-state index contributed by atoms with van der Waals surface area (Å²) in [6, 6.07) is 5.64. The Balaban J connectivity index is 2.15. The molecule has 0 radical (unpaired) electrons. The lowest BCUT2D eigenvalue weighted by Crippen LogP contribution is -2.49. The van der Waals surface area contributed by atoms with Gasteiger partial charge in [0.2, 0.25) is 0 Å². The Kier molecular flexibility index (Phi) is 4.03. The van der Waals surface area contributed by atoms with Gasteiger partial charge in [0, 0.05) is 5.54 Å². The average Bonchev–Trinajstić information content (AvgIpc) is 3.16. The molecule has 0 spiro atoms. The summed E-state index contributed by atoms with van der Waals surface area (Å²) >= 11 is 0. The van der Waals surface area contributed by atoms with Crippen molar-refractivity contribution in [2.45, 2.75) is 44.7 Å². The Morgan fingerprint density at radius 1 is 1.14 bits per heavy atom. The molecule has 5 heteroatoms. The molecular weight excluding hydrogens is 268 g/mol. The summed E-state index contributed by atoms with van der Waals surface area (Å²) in [4.78, 5) is 12.1. The molecule has 0 atom stereocenters. The van der Waals surface area contributed by atoms with Crippen LogP contribution in [-0.4, -0.2) is 25.8 Å². The third-order valence-electron chi connectivity index (χ3n) is 3.53. The van der Waals surface area contributed by atoms with Crippen LogP contribution in [0.15, 0.2) is 18.2 Å². The van der Waals surface area contributed by atoms with E-state index in [0.717, 1.165) is 18.4 Å². The zero-order valence-corrected chi connectivity index (χ0v) is 13.4. The molecule has 1 aromatic rings. The quantitative estimate of drug-likeness (QED) is 0.897. The lowest BCUT2D eigenvalue weighted by atomic mass is 10.0. The first kappa shape index (κ1) is 15.5. The van der Waals surface area contributed by atoms with Crippen molar-refractivity contribution < 1.29 is 14.3 Å². The smallest absolute Gasteiger partial charge is 0.315 e. The number of hydrogen-bond acceptors (Lipinski definition) is 3. The number of benzene rings is 1. The first-order valence-electron chi connectivity index (χ1n) is 7.12. The van der Waals surface area contributed by atoms with Crippen molar-refractivity contribution >= 4 is 6.03 Å². The molecule has 1 aromatic carbocycles. The zero-order valence-electron chi connectivity index (χ0n) is 13.4. The zero-order chi connectivity index (χ0) is 15.7. The van der Waals surface area contributed by atoms with Gasteiger partial charge in [-0.2, -0.15) is 0 Å². The summed E-state index contributed by atoms with van der Waals surface area (Å²) in [5, 5.41) is 6.01. The summed E-state index contributed by atoms with van der Waals surface area (Å²) in [6.07, 6.45) is 1.86. The topological polar surface area (TPSA) is 59.6 Å². The summed E-state index contributed by atoms with van der Waals surface area (Å²) in [5.74, 6) is 1.37. The van der Waals surface area contributed by atoms with Crippen molar-refractivity contribution in [2.24, 2.45) is 0 Å². The summed E-state index contributed by atoms with van der Waals surface area (Å²) in [5.41, 5.74) is 0.510. The Morgan fingerprint density at radius 2 is 1.76 bits per heavy atom. The molecule has 0 saturated heterocycles. The third kappa shape index (κ3) is 3.60. The van der Waals surface area contributed by atoms with Crippen molar-refractivity contribution in [3.05, 3.63) is 23.8 Å². The van der Waals surface area contributed by atoms with Crippen LogP contribution in [0.2, 0.25) is 0 Å². The van der Waals surface area contributed by atoms with Crippen molar-refractivity contribution in [2.75, 3.05) is 14.2 Å². The van der Waals surface area contributed by atoms with E-state index >= 15 is 0 Å². The van der Waals surface area contributed by atoms with Gasteiger partial charge in [-0.3, -0.25) is 0 Å². The highest BCUT2D eigenvalue weighted by Crippen LogP contribution is 2.47. The van der Waals surface area contributed by atoms with Crippen LogP contribution >= 0.6 is 0 Å². The third-order valence-corrected chi connectivity index (χ3v) is 3.53. The molecule has 1 fully saturated rings. The number of rotatable bonds is 4. The number of methoxy groups -OCH3 is 2. The summed E-state index contributed by atoms with van der Waals surface area (Å²) in [6.45, 7) is 5.88. The molecule has 0 aromatic heterocycles. The predicted octanol–water partition coefficient (Wildman–Crippen LogP) is 2.79. The molecular formula is C16H24N2O3. The Hall–Kier alpha value is -1.91. The molecule has 1 aliphatic carbocycles. The normalized spacial score (nSPS) is 16.0. The molecule has 116 valence electrons. The minimum Gasteiger partial charge on any atom is -0.493 e. The van der Waals surface area contributed by atoms with Gasteiger partial charge in [0.25, 0.3) is 0 Å². The monoisotopic (exact) mass is 292 g/mol. The molecule has 2 amide bonds. The van der Waals surface area contributed by atoms with E-state index in [4.69, 9.17) is 9.47 Å². The summed E-state index contributed by atoms with van der Waals surface area (Å²) < 4.78 is 10.6. The molecule has 21 heavy (non-hydrogen) atoms. The second-order valence-corrected chi connectivity index (χ2v) is 6.48. The van der Waals surface area contributed by atoms with E-state index < -0.39 is 0 Å². The molecule has 1 saturated carbocycles. The Morgan fingerprint density at radius 3 is 2.24 bits per heavy atom. The van der Waals surface area contributed by atoms with Crippen molar-refractivity contribution in [1.29, 1.82) is 0 Å². The predicted molar refractivity (Wildman–Crippen MR) is 81.9 cm³/mol. The van der Waals surface area contributed by atoms with E-state index in [2.05, 4.69) is 10.6 Å². The van der Waals surface area contributed by atoms with Gasteiger partial charge >= 0.3 is 6.03 Å². The van der Waals surface area contributed by atoms with Gasteiger partial charge in [0.15, 0.2) is 11.5 Å². The van der Waals surface area contributed by atoms with Gasteiger partial charge in [-0.25, -0.2) is 4.79 Å². The van der Waals surface area contributed by atoms with E-state index in [1.807, 2.05) is 39.0 Å². The highest BCUT2D eigenvalue weighted by molar-refractivity contribution is 5.76. The van der Waals surface area contributed by atoms with Crippen LogP contribution in [0.5, 0.6) is 11.5 Å². The van der Waals surface area contributed by atoms with Crippen LogP contribution in [0.25, 0.3) is 0 Å². The SMILES string of the molecule is COc1ccc(C2(NC(=O)NC(C)(C)C)CC2)cc1OC. The number of amides is 2. The van der Waals surface area contributed by atoms with Crippen molar-refractivity contribution in [1.82, 2.24) is 10.6 Å². The van der Waals surface area contributed by atoms with E-state index in [-0.39, 0.29) is 17.1 Å². The standard InChI is InChI=1S/C16H24N2O3/c1-15(2,3)17-14(19)18-16(8-9-16)11-6-7-12(20-4)13(10-11)21-5/h6-7,10H,8-9H2,1-5H3,(H2,17,18,19). The van der Waals surface area contributed by atoms with Gasteiger partial charge in [0.1, 0.15) is 0 Å². The minimum atomic E-state index is -0.283. The highest BCUT2D eigenvalue weighted by Gasteiger charge is 2.46. The first-order valence-corrected chi connectivity index (χ1v) is 7.12. The van der Waals surface area contributed by atoms with Crippen LogP contribution in [0.1, 0.15) is 39.2 Å². The number of hydrogen-bond donors (Lipinski definition) is 2.